The van der Waals surface area contributed by atoms with E-state index in [1.54, 1.807) is 33.5 Å². The monoisotopic (exact) mass is 636 g/mol. The van der Waals surface area contributed by atoms with E-state index >= 15 is 0 Å². The molecule has 1 saturated heterocycles. The third kappa shape index (κ3) is 8.51. The Morgan fingerprint density at radius 3 is 2.24 bits per heavy atom. The van der Waals surface area contributed by atoms with E-state index in [0.29, 0.717) is 30.3 Å². The van der Waals surface area contributed by atoms with Gasteiger partial charge >= 0.3 is 0 Å². The quantitative estimate of drug-likeness (QED) is 0.196. The summed E-state index contributed by atoms with van der Waals surface area (Å²) < 4.78 is 35.0. The lowest BCUT2D eigenvalue weighted by Crippen LogP contribution is -2.39. The number of aryl methyl sites for hydroxylation is 1. The molecular formula is C31H45ClN4O4S2. The van der Waals surface area contributed by atoms with Gasteiger partial charge in [0, 0.05) is 44.8 Å². The molecular weight excluding hydrogens is 592 g/mol. The Bertz CT molecular complexity index is 1370. The SMILES string of the molecule is CCCCN(CCCC)S(=O)(=O)c1ccc(C(=O)N(CCCN2CCOCC2)c2nc3c(CC)cccc3s2)cc1.Cl. The highest BCUT2D eigenvalue weighted by molar-refractivity contribution is 7.89. The first-order valence-electron chi connectivity index (χ1n) is 15.0. The number of nitrogens with zero attached hydrogens (tertiary/aromatic N) is 4. The standard InChI is InChI=1S/C31H44N4O4S2.ClH/c1-4-7-18-34(19-8-5-2)41(37,38)27-15-13-26(14-16-27)30(36)35(20-10-17-33-21-23-39-24-22-33)31-32-29-25(6-3)11-9-12-28(29)40-31;/h9,11-16H,4-8,10,17-24H2,1-3H3;1H. The summed E-state index contributed by atoms with van der Waals surface area (Å²) in [6, 6.07) is 12.6. The first kappa shape index (κ1) is 34.4. The molecule has 42 heavy (non-hydrogen) atoms. The average molecular weight is 637 g/mol. The van der Waals surface area contributed by atoms with E-state index in [1.165, 1.54) is 11.3 Å². The van der Waals surface area contributed by atoms with Crippen molar-refractivity contribution in [2.45, 2.75) is 64.2 Å². The van der Waals surface area contributed by atoms with Crippen LogP contribution in [0.25, 0.3) is 10.2 Å². The van der Waals surface area contributed by atoms with Gasteiger partial charge in [0.15, 0.2) is 5.13 Å². The van der Waals surface area contributed by atoms with Crippen LogP contribution >= 0.6 is 23.7 Å². The molecule has 1 aliphatic heterocycles. The maximum atomic E-state index is 13.9. The van der Waals surface area contributed by atoms with Crippen molar-refractivity contribution in [2.75, 3.05) is 57.4 Å². The fourth-order valence-corrected chi connectivity index (χ4v) is 7.61. The number of para-hydroxylation sites is 1. The molecule has 0 N–H and O–H groups in total. The third-order valence-electron chi connectivity index (χ3n) is 7.57. The van der Waals surface area contributed by atoms with Crippen molar-refractivity contribution in [2.24, 2.45) is 0 Å². The van der Waals surface area contributed by atoms with Crippen LogP contribution in [0.2, 0.25) is 0 Å². The number of carbonyl (C=O) groups is 1. The molecule has 2 heterocycles. The van der Waals surface area contributed by atoms with E-state index in [9.17, 15) is 13.2 Å². The number of aromatic nitrogens is 1. The van der Waals surface area contributed by atoms with Crippen molar-refractivity contribution >= 4 is 55.0 Å². The van der Waals surface area contributed by atoms with Gasteiger partial charge in [-0.1, -0.05) is 57.1 Å². The summed E-state index contributed by atoms with van der Waals surface area (Å²) in [6.45, 7) is 11.9. The molecule has 11 heteroatoms. The predicted molar refractivity (Wildman–Crippen MR) is 175 cm³/mol. The van der Waals surface area contributed by atoms with Gasteiger partial charge in [-0.25, -0.2) is 13.4 Å². The molecule has 0 radical (unpaired) electrons. The van der Waals surface area contributed by atoms with Crippen molar-refractivity contribution in [3.63, 3.8) is 0 Å². The van der Waals surface area contributed by atoms with Crippen LogP contribution in [0, 0.1) is 0 Å². The van der Waals surface area contributed by atoms with Crippen molar-refractivity contribution < 1.29 is 17.9 Å². The molecule has 1 amide bonds. The molecule has 0 unspecified atom stereocenters. The lowest BCUT2D eigenvalue weighted by Gasteiger charge is -2.27. The van der Waals surface area contributed by atoms with Gasteiger partial charge in [0.25, 0.3) is 5.91 Å². The molecule has 232 valence electrons. The van der Waals surface area contributed by atoms with Gasteiger partial charge in [-0.3, -0.25) is 14.6 Å². The molecule has 1 aliphatic rings. The number of rotatable bonds is 15. The number of sulfonamides is 1. The predicted octanol–water partition coefficient (Wildman–Crippen LogP) is 6.24. The zero-order valence-corrected chi connectivity index (χ0v) is 27.5. The van der Waals surface area contributed by atoms with Gasteiger partial charge in [-0.2, -0.15) is 4.31 Å². The van der Waals surface area contributed by atoms with Crippen molar-refractivity contribution in [3.05, 3.63) is 53.6 Å². The normalized spacial score (nSPS) is 14.3. The molecule has 2 aromatic carbocycles. The summed E-state index contributed by atoms with van der Waals surface area (Å²) in [6.07, 6.45) is 5.17. The topological polar surface area (TPSA) is 83.1 Å². The number of anilines is 1. The number of hydrogen-bond donors (Lipinski definition) is 0. The van der Waals surface area contributed by atoms with Crippen LogP contribution in [-0.2, 0) is 21.2 Å². The smallest absolute Gasteiger partial charge is 0.260 e. The summed E-state index contributed by atoms with van der Waals surface area (Å²) in [5, 5.41) is 0.676. The number of morpholine rings is 1. The molecule has 3 aromatic rings. The number of unbranched alkanes of at least 4 members (excludes halogenated alkanes) is 2. The Kier molecular flexibility index (Phi) is 13.7. The van der Waals surface area contributed by atoms with Crippen LogP contribution < -0.4 is 4.90 Å². The number of halogens is 1. The summed E-state index contributed by atoms with van der Waals surface area (Å²) in [7, 11) is -3.63. The molecule has 0 aliphatic carbocycles. The minimum absolute atomic E-state index is 0. The average Bonchev–Trinajstić information content (AvgIpc) is 3.44. The fraction of sp³-hybridized carbons (Fsp3) is 0.548. The Labute approximate surface area is 261 Å². The summed E-state index contributed by atoms with van der Waals surface area (Å²) in [5.74, 6) is -0.165. The molecule has 0 bridgehead atoms. The van der Waals surface area contributed by atoms with Crippen molar-refractivity contribution in [1.29, 1.82) is 0 Å². The Hall–Kier alpha value is -2.08. The second-order valence-corrected chi connectivity index (χ2v) is 13.5. The van der Waals surface area contributed by atoms with Gasteiger partial charge in [-0.05, 0) is 61.6 Å². The fourth-order valence-electron chi connectivity index (χ4n) is 5.05. The van der Waals surface area contributed by atoms with Gasteiger partial charge in [0.05, 0.1) is 28.3 Å². The Morgan fingerprint density at radius 1 is 0.952 bits per heavy atom. The minimum atomic E-state index is -3.63. The second-order valence-electron chi connectivity index (χ2n) is 10.5. The maximum absolute atomic E-state index is 13.9. The van der Waals surface area contributed by atoms with Crippen molar-refractivity contribution in [3.8, 4) is 0 Å². The van der Waals surface area contributed by atoms with E-state index in [2.05, 4.69) is 37.8 Å². The number of ether oxygens (including phenoxy) is 1. The molecule has 4 rings (SSSR count). The highest BCUT2D eigenvalue weighted by Gasteiger charge is 2.26. The second kappa shape index (κ2) is 16.7. The van der Waals surface area contributed by atoms with Crippen LogP contribution in [0.5, 0.6) is 0 Å². The van der Waals surface area contributed by atoms with Crippen molar-refractivity contribution in [1.82, 2.24) is 14.2 Å². The maximum Gasteiger partial charge on any atom is 0.260 e. The number of thiazole rings is 1. The first-order chi connectivity index (χ1) is 19.9. The summed E-state index contributed by atoms with van der Waals surface area (Å²) in [5.41, 5.74) is 2.57. The van der Waals surface area contributed by atoms with E-state index in [4.69, 9.17) is 9.72 Å². The molecule has 1 aromatic heterocycles. The van der Waals surface area contributed by atoms with E-state index < -0.39 is 10.0 Å². The van der Waals surface area contributed by atoms with E-state index in [-0.39, 0.29) is 23.2 Å². The van der Waals surface area contributed by atoms with E-state index in [0.717, 1.165) is 87.2 Å². The number of benzene rings is 2. The Morgan fingerprint density at radius 2 is 1.62 bits per heavy atom. The minimum Gasteiger partial charge on any atom is -0.379 e. The summed E-state index contributed by atoms with van der Waals surface area (Å²) in [4.78, 5) is 23.2. The number of amides is 1. The van der Waals surface area contributed by atoms with Crippen LogP contribution in [0.15, 0.2) is 47.4 Å². The molecule has 0 spiro atoms. The molecule has 0 saturated carbocycles. The van der Waals surface area contributed by atoms with Gasteiger partial charge in [0.2, 0.25) is 10.0 Å². The van der Waals surface area contributed by atoms with Gasteiger partial charge in [0.1, 0.15) is 0 Å². The highest BCUT2D eigenvalue weighted by atomic mass is 35.5. The number of hydrogen-bond acceptors (Lipinski definition) is 7. The molecule has 8 nitrogen and oxygen atoms in total. The van der Waals surface area contributed by atoms with Gasteiger partial charge in [-0.15, -0.1) is 12.4 Å². The first-order valence-corrected chi connectivity index (χ1v) is 17.2. The van der Waals surface area contributed by atoms with Gasteiger partial charge < -0.3 is 4.74 Å². The zero-order valence-electron chi connectivity index (χ0n) is 25.1. The van der Waals surface area contributed by atoms with E-state index in [1.807, 2.05) is 6.07 Å². The lowest BCUT2D eigenvalue weighted by atomic mass is 10.1. The lowest BCUT2D eigenvalue weighted by molar-refractivity contribution is 0.0376. The Balaban J connectivity index is 0.00000484. The van der Waals surface area contributed by atoms with Crippen LogP contribution in [0.4, 0.5) is 5.13 Å². The molecule has 0 atom stereocenters. The third-order valence-corrected chi connectivity index (χ3v) is 10.5. The number of carbonyl (C=O) groups excluding carboxylic acids is 1. The molecule has 1 fully saturated rings. The number of fused-ring (bicyclic) bond motifs is 1. The zero-order chi connectivity index (χ0) is 29.2. The summed E-state index contributed by atoms with van der Waals surface area (Å²) >= 11 is 1.53. The van der Waals surface area contributed by atoms with Crippen LogP contribution in [-0.4, -0.2) is 81.0 Å². The highest BCUT2D eigenvalue weighted by Crippen LogP contribution is 2.32. The van der Waals surface area contributed by atoms with Crippen LogP contribution in [0.3, 0.4) is 0 Å². The van der Waals surface area contributed by atoms with Crippen LogP contribution in [0.1, 0.15) is 68.8 Å². The largest absolute Gasteiger partial charge is 0.379 e.